The number of imide groups is 1. The summed E-state index contributed by atoms with van der Waals surface area (Å²) in [5.74, 6) is -1.38. The summed E-state index contributed by atoms with van der Waals surface area (Å²) in [7, 11) is 0. The Bertz CT molecular complexity index is 1470. The summed E-state index contributed by atoms with van der Waals surface area (Å²) in [6, 6.07) is 17.1. The molecule has 0 bridgehead atoms. The molecule has 0 unspecified atom stereocenters. The molecule has 0 spiro atoms. The molecule has 186 valence electrons. The molecule has 2 aliphatic heterocycles. The van der Waals surface area contributed by atoms with Crippen molar-refractivity contribution in [3.05, 3.63) is 96.8 Å². The molecule has 0 radical (unpaired) electrons. The van der Waals surface area contributed by atoms with Gasteiger partial charge in [-0.05, 0) is 38.1 Å². The van der Waals surface area contributed by atoms with Gasteiger partial charge in [0.25, 0.3) is 11.8 Å². The molecule has 6 rings (SSSR count). The molecule has 0 saturated carbocycles. The van der Waals surface area contributed by atoms with Gasteiger partial charge in [0.2, 0.25) is 6.23 Å². The van der Waals surface area contributed by atoms with E-state index in [1.807, 2.05) is 13.8 Å². The molecule has 0 aliphatic carbocycles. The minimum atomic E-state index is -0.808. The standard InChI is InChI=1S/C27H23N5O5/c1-16-20-21(37-27(2,3)36-20)26(35-16)31-15-30-19-22(31)28-14-29-23(19)32(24(33)17-10-6-4-7-11-17)25(34)18-12-8-5-9-13-18/h4-15,20-21,26H,1H2,2-3H3/t20-,21-,26-/m1/s1. The van der Waals surface area contributed by atoms with Crippen molar-refractivity contribution in [3.63, 3.8) is 0 Å². The Labute approximate surface area is 212 Å². The number of rotatable bonds is 4. The fourth-order valence-corrected chi connectivity index (χ4v) is 4.64. The SMILES string of the molecule is C=C1O[C@@H](n2cnc3c(N(C(=O)c4ccccc4)C(=O)c4ccccc4)ncnc32)[C@@H]2OC(C)(C)O[C@H]12. The predicted octanol–water partition coefficient (Wildman–Crippen LogP) is 3.88. The van der Waals surface area contributed by atoms with Gasteiger partial charge in [0.1, 0.15) is 24.5 Å². The Balaban J connectivity index is 1.46. The zero-order chi connectivity index (χ0) is 25.7. The number of anilines is 1. The van der Waals surface area contributed by atoms with Crippen LogP contribution in [0.2, 0.25) is 0 Å². The second kappa shape index (κ2) is 8.61. The third-order valence-electron chi connectivity index (χ3n) is 6.27. The summed E-state index contributed by atoms with van der Waals surface area (Å²) in [6.45, 7) is 7.62. The molecule has 10 heteroatoms. The minimum absolute atomic E-state index is 0.0590. The Morgan fingerprint density at radius 3 is 2.16 bits per heavy atom. The van der Waals surface area contributed by atoms with Crippen molar-refractivity contribution in [2.24, 2.45) is 0 Å². The largest absolute Gasteiger partial charge is 0.469 e. The van der Waals surface area contributed by atoms with Gasteiger partial charge in [-0.15, -0.1) is 0 Å². The van der Waals surface area contributed by atoms with Crippen LogP contribution in [-0.4, -0.2) is 49.3 Å². The van der Waals surface area contributed by atoms with E-state index in [0.717, 1.165) is 4.90 Å². The van der Waals surface area contributed by atoms with E-state index in [2.05, 4.69) is 21.5 Å². The monoisotopic (exact) mass is 497 g/mol. The van der Waals surface area contributed by atoms with Crippen LogP contribution in [0.1, 0.15) is 40.8 Å². The van der Waals surface area contributed by atoms with E-state index >= 15 is 0 Å². The highest BCUT2D eigenvalue weighted by atomic mass is 16.8. The van der Waals surface area contributed by atoms with E-state index in [1.165, 1.54) is 12.7 Å². The summed E-state index contributed by atoms with van der Waals surface area (Å²) in [4.78, 5) is 41.6. The molecule has 4 heterocycles. The molecule has 0 N–H and O–H groups in total. The lowest BCUT2D eigenvalue weighted by atomic mass is 10.1. The average molecular weight is 498 g/mol. The van der Waals surface area contributed by atoms with E-state index in [0.29, 0.717) is 22.5 Å². The maximum atomic E-state index is 13.7. The summed E-state index contributed by atoms with van der Waals surface area (Å²) < 4.78 is 19.7. The number of aromatic nitrogens is 4. The minimum Gasteiger partial charge on any atom is -0.469 e. The number of ether oxygens (including phenoxy) is 3. The van der Waals surface area contributed by atoms with Crippen LogP contribution in [0.15, 0.2) is 85.7 Å². The van der Waals surface area contributed by atoms with Crippen molar-refractivity contribution < 1.29 is 23.8 Å². The average Bonchev–Trinajstić information content (AvgIpc) is 3.57. The highest BCUT2D eigenvalue weighted by Crippen LogP contribution is 2.45. The number of imidazole rings is 1. The zero-order valence-electron chi connectivity index (χ0n) is 20.1. The quantitative estimate of drug-likeness (QED) is 0.391. The van der Waals surface area contributed by atoms with Crippen molar-refractivity contribution in [1.29, 1.82) is 0 Å². The topological polar surface area (TPSA) is 109 Å². The molecule has 2 saturated heterocycles. The second-order valence-electron chi connectivity index (χ2n) is 9.19. The molecule has 2 aliphatic rings. The van der Waals surface area contributed by atoms with Gasteiger partial charge >= 0.3 is 0 Å². The molecule has 2 fully saturated rings. The van der Waals surface area contributed by atoms with E-state index < -0.39 is 36.0 Å². The van der Waals surface area contributed by atoms with Crippen LogP contribution in [0.4, 0.5) is 5.82 Å². The Morgan fingerprint density at radius 2 is 1.54 bits per heavy atom. The van der Waals surface area contributed by atoms with Crippen LogP contribution in [0.3, 0.4) is 0 Å². The Morgan fingerprint density at radius 1 is 0.919 bits per heavy atom. The number of carbonyl (C=O) groups is 2. The van der Waals surface area contributed by atoms with Crippen LogP contribution in [0, 0.1) is 0 Å². The molecule has 2 amide bonds. The van der Waals surface area contributed by atoms with Gasteiger partial charge in [0.05, 0.1) is 0 Å². The molecule has 2 aromatic carbocycles. The molecular formula is C27H23N5O5. The molecule has 10 nitrogen and oxygen atoms in total. The van der Waals surface area contributed by atoms with E-state index in [4.69, 9.17) is 14.2 Å². The fourth-order valence-electron chi connectivity index (χ4n) is 4.64. The third-order valence-corrected chi connectivity index (χ3v) is 6.27. The van der Waals surface area contributed by atoms with Gasteiger partial charge in [-0.2, -0.15) is 0 Å². The van der Waals surface area contributed by atoms with Gasteiger partial charge in [0, 0.05) is 11.1 Å². The van der Waals surface area contributed by atoms with Gasteiger partial charge in [-0.3, -0.25) is 14.2 Å². The number of fused-ring (bicyclic) bond motifs is 2. The predicted molar refractivity (Wildman–Crippen MR) is 132 cm³/mol. The number of hydrogen-bond acceptors (Lipinski definition) is 8. The summed E-state index contributed by atoms with van der Waals surface area (Å²) >= 11 is 0. The lowest BCUT2D eigenvalue weighted by molar-refractivity contribution is -0.173. The van der Waals surface area contributed by atoms with Crippen molar-refractivity contribution in [2.45, 2.75) is 38.1 Å². The third kappa shape index (κ3) is 3.87. The van der Waals surface area contributed by atoms with Gasteiger partial charge in [-0.25, -0.2) is 19.9 Å². The van der Waals surface area contributed by atoms with Gasteiger partial charge in [-0.1, -0.05) is 43.0 Å². The first kappa shape index (κ1) is 23.0. The highest BCUT2D eigenvalue weighted by Gasteiger charge is 2.54. The lowest BCUT2D eigenvalue weighted by Gasteiger charge is -2.23. The molecule has 2 aromatic heterocycles. The van der Waals surface area contributed by atoms with E-state index in [-0.39, 0.29) is 11.3 Å². The number of amides is 2. The van der Waals surface area contributed by atoms with Crippen LogP contribution >= 0.6 is 0 Å². The number of nitrogens with zero attached hydrogens (tertiary/aromatic N) is 5. The van der Waals surface area contributed by atoms with E-state index in [9.17, 15) is 9.59 Å². The van der Waals surface area contributed by atoms with Crippen LogP contribution < -0.4 is 4.90 Å². The van der Waals surface area contributed by atoms with Gasteiger partial charge < -0.3 is 14.2 Å². The van der Waals surface area contributed by atoms with Crippen LogP contribution in [-0.2, 0) is 14.2 Å². The molecule has 37 heavy (non-hydrogen) atoms. The first-order chi connectivity index (χ1) is 17.8. The van der Waals surface area contributed by atoms with Crippen LogP contribution in [0.25, 0.3) is 11.2 Å². The summed E-state index contributed by atoms with van der Waals surface area (Å²) in [5.41, 5.74) is 1.28. The first-order valence-electron chi connectivity index (χ1n) is 11.7. The molecule has 3 atom stereocenters. The van der Waals surface area contributed by atoms with Crippen LogP contribution in [0.5, 0.6) is 0 Å². The fraction of sp³-hybridized carbons (Fsp3) is 0.222. The Kier molecular flexibility index (Phi) is 5.36. The molecular weight excluding hydrogens is 474 g/mol. The lowest BCUT2D eigenvalue weighted by Crippen LogP contribution is -2.38. The van der Waals surface area contributed by atoms with Gasteiger partial charge in [0.15, 0.2) is 28.9 Å². The van der Waals surface area contributed by atoms with Crippen molar-refractivity contribution in [1.82, 2.24) is 19.5 Å². The number of carbonyl (C=O) groups excluding carboxylic acids is 2. The molecule has 4 aromatic rings. The van der Waals surface area contributed by atoms with Crippen molar-refractivity contribution >= 4 is 28.8 Å². The maximum absolute atomic E-state index is 13.7. The normalized spacial score (nSPS) is 22.0. The van der Waals surface area contributed by atoms with Crippen molar-refractivity contribution in [2.75, 3.05) is 4.90 Å². The summed E-state index contributed by atoms with van der Waals surface area (Å²) in [5, 5.41) is 0. The second-order valence-corrected chi connectivity index (χ2v) is 9.19. The van der Waals surface area contributed by atoms with Crippen molar-refractivity contribution in [3.8, 4) is 0 Å². The zero-order valence-corrected chi connectivity index (χ0v) is 20.1. The number of hydrogen-bond donors (Lipinski definition) is 0. The maximum Gasteiger partial charge on any atom is 0.266 e. The Hall–Kier alpha value is -4.41. The summed E-state index contributed by atoms with van der Waals surface area (Å²) in [6.07, 6.45) is 1.23. The number of benzene rings is 2. The first-order valence-corrected chi connectivity index (χ1v) is 11.7. The van der Waals surface area contributed by atoms with E-state index in [1.54, 1.807) is 65.2 Å². The smallest absolute Gasteiger partial charge is 0.266 e. The highest BCUT2D eigenvalue weighted by molar-refractivity contribution is 6.27.